The van der Waals surface area contributed by atoms with Gasteiger partial charge in [0.05, 0.1) is 14.2 Å². The molecule has 0 bridgehead atoms. The molecule has 0 saturated carbocycles. The number of hydrogen-bond acceptors (Lipinski definition) is 5. The average molecular weight is 511 g/mol. The second-order valence-electron chi connectivity index (χ2n) is 8.09. The number of nitrogens with one attached hydrogen (secondary N) is 1. The number of methoxy groups -OCH3 is 2. The van der Waals surface area contributed by atoms with Crippen molar-refractivity contribution in [2.75, 3.05) is 27.4 Å². The highest BCUT2D eigenvalue weighted by molar-refractivity contribution is 6.30. The van der Waals surface area contributed by atoms with Gasteiger partial charge < -0.3 is 24.4 Å². The molecule has 7 nitrogen and oxygen atoms in total. The molecule has 3 aromatic rings. The Bertz CT molecular complexity index is 1130. The van der Waals surface area contributed by atoms with Gasteiger partial charge in [-0.05, 0) is 30.2 Å². The van der Waals surface area contributed by atoms with Crippen LogP contribution in [-0.4, -0.2) is 50.1 Å². The lowest BCUT2D eigenvalue weighted by atomic mass is 10.0. The summed E-state index contributed by atoms with van der Waals surface area (Å²) in [6.07, 6.45) is 0.353. The van der Waals surface area contributed by atoms with Gasteiger partial charge in [0, 0.05) is 42.7 Å². The van der Waals surface area contributed by atoms with Crippen LogP contribution >= 0.6 is 11.6 Å². The third-order valence-corrected chi connectivity index (χ3v) is 5.79. The van der Waals surface area contributed by atoms with Crippen molar-refractivity contribution in [3.05, 3.63) is 88.9 Å². The Labute approximate surface area is 216 Å². The molecule has 0 aliphatic carbocycles. The highest BCUT2D eigenvalue weighted by atomic mass is 35.5. The fourth-order valence-corrected chi connectivity index (χ4v) is 3.98. The summed E-state index contributed by atoms with van der Waals surface area (Å²) in [6.45, 7) is 2.21. The first kappa shape index (κ1) is 26.9. The van der Waals surface area contributed by atoms with Gasteiger partial charge in [-0.15, -0.1) is 0 Å². The van der Waals surface area contributed by atoms with Crippen molar-refractivity contribution in [2.24, 2.45) is 0 Å². The maximum Gasteiger partial charge on any atom is 0.261 e. The van der Waals surface area contributed by atoms with Crippen molar-refractivity contribution in [3.63, 3.8) is 0 Å². The molecule has 0 saturated heterocycles. The molecule has 0 spiro atoms. The second-order valence-corrected chi connectivity index (χ2v) is 8.53. The van der Waals surface area contributed by atoms with Crippen LogP contribution < -0.4 is 19.5 Å². The van der Waals surface area contributed by atoms with Crippen LogP contribution in [0.5, 0.6) is 17.2 Å². The molecule has 36 heavy (non-hydrogen) atoms. The summed E-state index contributed by atoms with van der Waals surface area (Å²) < 4.78 is 16.4. The summed E-state index contributed by atoms with van der Waals surface area (Å²) in [5, 5.41) is 3.42. The van der Waals surface area contributed by atoms with Crippen LogP contribution in [0.4, 0.5) is 0 Å². The van der Waals surface area contributed by atoms with E-state index in [-0.39, 0.29) is 25.0 Å². The first-order valence-corrected chi connectivity index (χ1v) is 12.0. The maximum absolute atomic E-state index is 13.6. The number of amides is 2. The fraction of sp³-hybridized carbons (Fsp3) is 0.286. The molecule has 3 aromatic carbocycles. The summed E-state index contributed by atoms with van der Waals surface area (Å²) in [4.78, 5) is 28.3. The number of halogens is 1. The summed E-state index contributed by atoms with van der Waals surface area (Å²) in [5.74, 6) is 0.914. The molecule has 3 rings (SSSR count). The van der Waals surface area contributed by atoms with Gasteiger partial charge in [0.25, 0.3) is 5.91 Å². The molecule has 0 unspecified atom stereocenters. The summed E-state index contributed by atoms with van der Waals surface area (Å²) in [6, 6.07) is 21.1. The predicted octanol–water partition coefficient (Wildman–Crippen LogP) is 4.51. The topological polar surface area (TPSA) is 77.1 Å². The maximum atomic E-state index is 13.6. The molecule has 0 radical (unpaired) electrons. The quantitative estimate of drug-likeness (QED) is 0.388. The zero-order valence-corrected chi connectivity index (χ0v) is 21.5. The molecular weight excluding hydrogens is 480 g/mol. The van der Waals surface area contributed by atoms with Crippen LogP contribution in [0.25, 0.3) is 0 Å². The van der Waals surface area contributed by atoms with Crippen LogP contribution in [0.2, 0.25) is 5.02 Å². The van der Waals surface area contributed by atoms with Crippen molar-refractivity contribution in [1.29, 1.82) is 0 Å². The Morgan fingerprint density at radius 3 is 2.14 bits per heavy atom. The molecule has 0 aromatic heterocycles. The summed E-state index contributed by atoms with van der Waals surface area (Å²) >= 11 is 6.20. The molecule has 8 heteroatoms. The number of ether oxygens (including phenoxy) is 3. The van der Waals surface area contributed by atoms with Gasteiger partial charge in [0.15, 0.2) is 6.61 Å². The third-order valence-electron chi connectivity index (χ3n) is 5.55. The number of hydrogen-bond donors (Lipinski definition) is 1. The standard InChI is InChI=1S/C28H31ClN2O5/c1-4-30-28(33)26(14-20-9-6-5-7-10-20)31(18-21-11-8-12-22(29)13-21)27(32)19-36-25-16-23(34-2)15-24(17-25)35-3/h5-13,15-17,26H,4,14,18-19H2,1-3H3,(H,30,33)/t26-/m1/s1. The van der Waals surface area contributed by atoms with Crippen LogP contribution in [0.1, 0.15) is 18.1 Å². The molecule has 1 N–H and O–H groups in total. The van der Waals surface area contributed by atoms with E-state index in [9.17, 15) is 9.59 Å². The average Bonchev–Trinajstić information content (AvgIpc) is 2.89. The van der Waals surface area contributed by atoms with Gasteiger partial charge >= 0.3 is 0 Å². The van der Waals surface area contributed by atoms with E-state index in [0.717, 1.165) is 11.1 Å². The minimum Gasteiger partial charge on any atom is -0.496 e. The third kappa shape index (κ3) is 7.65. The van der Waals surface area contributed by atoms with Crippen LogP contribution in [-0.2, 0) is 22.6 Å². The molecule has 0 aliphatic rings. The summed E-state index contributed by atoms with van der Waals surface area (Å²) in [5.41, 5.74) is 1.75. The monoisotopic (exact) mass is 510 g/mol. The zero-order valence-electron chi connectivity index (χ0n) is 20.7. The van der Waals surface area contributed by atoms with E-state index in [4.69, 9.17) is 25.8 Å². The minimum absolute atomic E-state index is 0.193. The van der Waals surface area contributed by atoms with Crippen molar-refractivity contribution in [2.45, 2.75) is 25.9 Å². The number of benzene rings is 3. The lowest BCUT2D eigenvalue weighted by Crippen LogP contribution is -2.51. The van der Waals surface area contributed by atoms with Gasteiger partial charge in [0.1, 0.15) is 23.3 Å². The highest BCUT2D eigenvalue weighted by Crippen LogP contribution is 2.27. The smallest absolute Gasteiger partial charge is 0.261 e. The lowest BCUT2D eigenvalue weighted by Gasteiger charge is -2.31. The summed E-state index contributed by atoms with van der Waals surface area (Å²) in [7, 11) is 3.08. The fourth-order valence-electron chi connectivity index (χ4n) is 3.77. The molecule has 190 valence electrons. The Hall–Kier alpha value is -3.71. The molecule has 0 aliphatic heterocycles. The largest absolute Gasteiger partial charge is 0.496 e. The molecular formula is C28H31ClN2O5. The van der Waals surface area contributed by atoms with Crippen molar-refractivity contribution >= 4 is 23.4 Å². The Balaban J connectivity index is 1.90. The number of nitrogens with zero attached hydrogens (tertiary/aromatic N) is 1. The minimum atomic E-state index is -0.748. The van der Waals surface area contributed by atoms with E-state index < -0.39 is 6.04 Å². The van der Waals surface area contributed by atoms with Crippen molar-refractivity contribution in [1.82, 2.24) is 10.2 Å². The number of rotatable bonds is 12. The van der Waals surface area contributed by atoms with Gasteiger partial charge in [-0.3, -0.25) is 9.59 Å². The molecule has 0 heterocycles. The van der Waals surface area contributed by atoms with E-state index in [1.54, 1.807) is 35.2 Å². The normalized spacial score (nSPS) is 11.3. The van der Waals surface area contributed by atoms with E-state index >= 15 is 0 Å². The van der Waals surface area contributed by atoms with Gasteiger partial charge in [-0.1, -0.05) is 54.1 Å². The van der Waals surface area contributed by atoms with Crippen LogP contribution in [0.15, 0.2) is 72.8 Å². The number of likely N-dealkylation sites (N-methyl/N-ethyl adjacent to an activating group) is 1. The van der Waals surface area contributed by atoms with E-state index in [0.29, 0.717) is 35.2 Å². The van der Waals surface area contributed by atoms with E-state index in [1.807, 2.05) is 49.4 Å². The predicted molar refractivity (Wildman–Crippen MR) is 140 cm³/mol. The van der Waals surface area contributed by atoms with Gasteiger partial charge in [0.2, 0.25) is 5.91 Å². The number of carbonyl (C=O) groups is 2. The van der Waals surface area contributed by atoms with Gasteiger partial charge in [-0.25, -0.2) is 0 Å². The van der Waals surface area contributed by atoms with Crippen molar-refractivity contribution < 1.29 is 23.8 Å². The van der Waals surface area contributed by atoms with Gasteiger partial charge in [-0.2, -0.15) is 0 Å². The number of carbonyl (C=O) groups excluding carboxylic acids is 2. The molecule has 0 fully saturated rings. The van der Waals surface area contributed by atoms with Crippen LogP contribution in [0, 0.1) is 0 Å². The SMILES string of the molecule is CCNC(=O)[C@@H](Cc1ccccc1)N(Cc1cccc(Cl)c1)C(=O)COc1cc(OC)cc(OC)c1. The van der Waals surface area contributed by atoms with Crippen LogP contribution in [0.3, 0.4) is 0 Å². The second kappa shape index (κ2) is 13.4. The lowest BCUT2D eigenvalue weighted by molar-refractivity contribution is -0.142. The highest BCUT2D eigenvalue weighted by Gasteiger charge is 2.30. The van der Waals surface area contributed by atoms with E-state index in [2.05, 4.69) is 5.32 Å². The first-order chi connectivity index (χ1) is 17.4. The molecule has 2 amide bonds. The Morgan fingerprint density at radius 2 is 1.53 bits per heavy atom. The Morgan fingerprint density at radius 1 is 0.889 bits per heavy atom. The van der Waals surface area contributed by atoms with Crippen molar-refractivity contribution in [3.8, 4) is 17.2 Å². The Kier molecular flexibility index (Phi) is 10.0. The van der Waals surface area contributed by atoms with E-state index in [1.165, 1.54) is 14.2 Å². The zero-order chi connectivity index (χ0) is 25.9. The molecule has 1 atom stereocenters. The first-order valence-electron chi connectivity index (χ1n) is 11.6.